The smallest absolute Gasteiger partial charge is 0.265 e. The standard InChI is InChI=1S/C21H27NO3/c1-6-20(25-19-12-15(4)11-16(5)13-19)21(23)22-17-7-9-18(10-8-17)24-14(2)3/h7-14,20H,6H2,1-5H3,(H,22,23). The zero-order valence-corrected chi connectivity index (χ0v) is 15.6. The fourth-order valence-electron chi connectivity index (χ4n) is 2.60. The number of hydrogen-bond acceptors (Lipinski definition) is 3. The molecule has 0 saturated heterocycles. The lowest BCUT2D eigenvalue weighted by atomic mass is 10.1. The summed E-state index contributed by atoms with van der Waals surface area (Å²) in [5.41, 5.74) is 2.96. The molecule has 2 aromatic rings. The van der Waals surface area contributed by atoms with Gasteiger partial charge in [0.15, 0.2) is 6.10 Å². The van der Waals surface area contributed by atoms with Crippen LogP contribution in [0.3, 0.4) is 0 Å². The van der Waals surface area contributed by atoms with Gasteiger partial charge in [0.25, 0.3) is 5.91 Å². The van der Waals surface area contributed by atoms with E-state index in [-0.39, 0.29) is 12.0 Å². The van der Waals surface area contributed by atoms with Crippen LogP contribution in [-0.4, -0.2) is 18.1 Å². The molecule has 1 unspecified atom stereocenters. The molecule has 1 amide bonds. The monoisotopic (exact) mass is 341 g/mol. The van der Waals surface area contributed by atoms with E-state index >= 15 is 0 Å². The number of benzene rings is 2. The molecule has 0 aliphatic heterocycles. The Morgan fingerprint density at radius 2 is 1.56 bits per heavy atom. The normalized spacial score (nSPS) is 11.9. The number of amides is 1. The molecule has 0 saturated carbocycles. The highest BCUT2D eigenvalue weighted by atomic mass is 16.5. The first-order chi connectivity index (χ1) is 11.9. The number of carbonyl (C=O) groups excluding carboxylic acids is 1. The van der Waals surface area contributed by atoms with Gasteiger partial charge in [0.2, 0.25) is 0 Å². The van der Waals surface area contributed by atoms with E-state index in [1.54, 1.807) is 0 Å². The fourth-order valence-corrected chi connectivity index (χ4v) is 2.60. The minimum Gasteiger partial charge on any atom is -0.491 e. The van der Waals surface area contributed by atoms with Crippen LogP contribution >= 0.6 is 0 Å². The van der Waals surface area contributed by atoms with Gasteiger partial charge in [-0.15, -0.1) is 0 Å². The first kappa shape index (κ1) is 18.8. The van der Waals surface area contributed by atoms with Crippen molar-refractivity contribution >= 4 is 11.6 Å². The maximum atomic E-state index is 12.5. The summed E-state index contributed by atoms with van der Waals surface area (Å²) in [4.78, 5) is 12.5. The van der Waals surface area contributed by atoms with Gasteiger partial charge in [-0.05, 0) is 81.6 Å². The minimum absolute atomic E-state index is 0.121. The number of ether oxygens (including phenoxy) is 2. The van der Waals surface area contributed by atoms with E-state index in [0.717, 1.165) is 28.3 Å². The Hall–Kier alpha value is -2.49. The molecule has 1 atom stereocenters. The fraction of sp³-hybridized carbons (Fsp3) is 0.381. The number of aryl methyl sites for hydroxylation is 2. The van der Waals surface area contributed by atoms with Crippen LogP contribution in [0, 0.1) is 13.8 Å². The molecule has 0 aliphatic rings. The summed E-state index contributed by atoms with van der Waals surface area (Å²) in [6, 6.07) is 13.3. The third-order valence-electron chi connectivity index (χ3n) is 3.63. The van der Waals surface area contributed by atoms with Crippen molar-refractivity contribution in [1.29, 1.82) is 0 Å². The lowest BCUT2D eigenvalue weighted by Crippen LogP contribution is -2.32. The highest BCUT2D eigenvalue weighted by Gasteiger charge is 2.19. The lowest BCUT2D eigenvalue weighted by Gasteiger charge is -2.18. The Morgan fingerprint density at radius 1 is 0.960 bits per heavy atom. The zero-order valence-electron chi connectivity index (χ0n) is 15.6. The quantitative estimate of drug-likeness (QED) is 0.780. The molecule has 2 aromatic carbocycles. The number of hydrogen-bond donors (Lipinski definition) is 1. The Balaban J connectivity index is 2.01. The van der Waals surface area contributed by atoms with Crippen LogP contribution in [0.5, 0.6) is 11.5 Å². The summed E-state index contributed by atoms with van der Waals surface area (Å²) in [6.07, 6.45) is 0.178. The molecule has 0 spiro atoms. The average Bonchev–Trinajstić information content (AvgIpc) is 2.53. The van der Waals surface area contributed by atoms with Crippen LogP contribution in [0.25, 0.3) is 0 Å². The molecule has 25 heavy (non-hydrogen) atoms. The van der Waals surface area contributed by atoms with Crippen molar-refractivity contribution < 1.29 is 14.3 Å². The van der Waals surface area contributed by atoms with Crippen molar-refractivity contribution in [2.45, 2.75) is 53.2 Å². The Morgan fingerprint density at radius 3 is 2.08 bits per heavy atom. The Kier molecular flexibility index (Phi) is 6.45. The van der Waals surface area contributed by atoms with Gasteiger partial charge in [-0.25, -0.2) is 0 Å². The van der Waals surface area contributed by atoms with Crippen LogP contribution in [-0.2, 0) is 4.79 Å². The van der Waals surface area contributed by atoms with E-state index in [4.69, 9.17) is 9.47 Å². The van der Waals surface area contributed by atoms with Crippen LogP contribution in [0.15, 0.2) is 42.5 Å². The molecule has 0 bridgehead atoms. The third kappa shape index (κ3) is 5.82. The maximum absolute atomic E-state index is 12.5. The molecule has 1 N–H and O–H groups in total. The summed E-state index contributed by atoms with van der Waals surface area (Å²) >= 11 is 0. The molecule has 0 aromatic heterocycles. The third-order valence-corrected chi connectivity index (χ3v) is 3.63. The van der Waals surface area contributed by atoms with E-state index in [1.807, 2.05) is 71.0 Å². The summed E-state index contributed by atoms with van der Waals surface area (Å²) in [5, 5.41) is 2.90. The predicted octanol–water partition coefficient (Wildman–Crippen LogP) is 4.89. The van der Waals surface area contributed by atoms with E-state index in [1.165, 1.54) is 0 Å². The van der Waals surface area contributed by atoms with Gasteiger partial charge in [-0.3, -0.25) is 4.79 Å². The lowest BCUT2D eigenvalue weighted by molar-refractivity contribution is -0.122. The minimum atomic E-state index is -0.534. The second-order valence-electron chi connectivity index (χ2n) is 6.52. The number of carbonyl (C=O) groups is 1. The van der Waals surface area contributed by atoms with Gasteiger partial charge in [-0.1, -0.05) is 13.0 Å². The second kappa shape index (κ2) is 8.56. The van der Waals surface area contributed by atoms with Crippen LogP contribution < -0.4 is 14.8 Å². The van der Waals surface area contributed by atoms with E-state index in [0.29, 0.717) is 6.42 Å². The molecular formula is C21H27NO3. The van der Waals surface area contributed by atoms with E-state index < -0.39 is 6.10 Å². The topological polar surface area (TPSA) is 47.6 Å². The molecule has 2 rings (SSSR count). The summed E-state index contributed by atoms with van der Waals surface area (Å²) in [6.45, 7) is 9.92. The zero-order chi connectivity index (χ0) is 18.4. The van der Waals surface area contributed by atoms with Crippen molar-refractivity contribution in [3.8, 4) is 11.5 Å². The van der Waals surface area contributed by atoms with E-state index in [9.17, 15) is 4.79 Å². The van der Waals surface area contributed by atoms with Crippen LogP contribution in [0.2, 0.25) is 0 Å². The first-order valence-corrected chi connectivity index (χ1v) is 8.70. The second-order valence-corrected chi connectivity index (χ2v) is 6.52. The van der Waals surface area contributed by atoms with Gasteiger partial charge < -0.3 is 14.8 Å². The van der Waals surface area contributed by atoms with Crippen molar-refractivity contribution in [2.75, 3.05) is 5.32 Å². The summed E-state index contributed by atoms with van der Waals surface area (Å²) in [5.74, 6) is 1.35. The van der Waals surface area contributed by atoms with Gasteiger partial charge in [0, 0.05) is 5.69 Å². The highest BCUT2D eigenvalue weighted by Crippen LogP contribution is 2.20. The molecular weight excluding hydrogens is 314 g/mol. The van der Waals surface area contributed by atoms with Crippen LogP contribution in [0.1, 0.15) is 38.3 Å². The largest absolute Gasteiger partial charge is 0.491 e. The number of rotatable bonds is 7. The molecule has 134 valence electrons. The van der Waals surface area contributed by atoms with Crippen molar-refractivity contribution in [3.63, 3.8) is 0 Å². The van der Waals surface area contributed by atoms with Gasteiger partial charge in [-0.2, -0.15) is 0 Å². The Bertz CT molecular complexity index is 687. The predicted molar refractivity (Wildman–Crippen MR) is 101 cm³/mol. The molecule has 4 nitrogen and oxygen atoms in total. The van der Waals surface area contributed by atoms with Gasteiger partial charge in [0.05, 0.1) is 6.10 Å². The molecule has 0 fully saturated rings. The number of nitrogens with one attached hydrogen (secondary N) is 1. The van der Waals surface area contributed by atoms with Crippen molar-refractivity contribution in [1.82, 2.24) is 0 Å². The first-order valence-electron chi connectivity index (χ1n) is 8.70. The molecule has 4 heteroatoms. The van der Waals surface area contributed by atoms with Gasteiger partial charge in [0.1, 0.15) is 11.5 Å². The Labute approximate surface area is 150 Å². The molecule has 0 radical (unpaired) electrons. The summed E-state index contributed by atoms with van der Waals surface area (Å²) < 4.78 is 11.5. The van der Waals surface area contributed by atoms with Crippen molar-refractivity contribution in [2.24, 2.45) is 0 Å². The SMILES string of the molecule is CCC(Oc1cc(C)cc(C)c1)C(=O)Nc1ccc(OC(C)C)cc1. The maximum Gasteiger partial charge on any atom is 0.265 e. The number of anilines is 1. The summed E-state index contributed by atoms with van der Waals surface area (Å²) in [7, 11) is 0. The molecule has 0 heterocycles. The van der Waals surface area contributed by atoms with E-state index in [2.05, 4.69) is 11.4 Å². The van der Waals surface area contributed by atoms with Gasteiger partial charge >= 0.3 is 0 Å². The van der Waals surface area contributed by atoms with Crippen molar-refractivity contribution in [3.05, 3.63) is 53.6 Å². The molecule has 0 aliphatic carbocycles. The van der Waals surface area contributed by atoms with Crippen LogP contribution in [0.4, 0.5) is 5.69 Å². The average molecular weight is 341 g/mol. The highest BCUT2D eigenvalue weighted by molar-refractivity contribution is 5.94.